The number of imide groups is 1. The number of carboxylic acids is 1. The first-order chi connectivity index (χ1) is 9.57. The van der Waals surface area contributed by atoms with Crippen LogP contribution in [0.4, 0.5) is 0 Å². The molecular formula is C14H21NO5. The van der Waals surface area contributed by atoms with E-state index in [0.29, 0.717) is 25.9 Å². The molecule has 3 atom stereocenters. The van der Waals surface area contributed by atoms with Crippen molar-refractivity contribution in [1.29, 1.82) is 0 Å². The molecule has 0 spiro atoms. The van der Waals surface area contributed by atoms with Gasteiger partial charge in [0.1, 0.15) is 6.04 Å². The Morgan fingerprint density at radius 3 is 2.30 bits per heavy atom. The fourth-order valence-corrected chi connectivity index (χ4v) is 3.28. The largest absolute Gasteiger partial charge is 0.480 e. The SMILES string of the molecule is COCCCC(C(=O)O)N1C(=O)C2CCCCC2C1=O. The number of aliphatic carboxylic acids is 1. The van der Waals surface area contributed by atoms with E-state index in [9.17, 15) is 19.5 Å². The van der Waals surface area contributed by atoms with E-state index >= 15 is 0 Å². The number of carbonyl (C=O) groups excluding carboxylic acids is 2. The molecule has 1 aliphatic carbocycles. The monoisotopic (exact) mass is 283 g/mol. The number of hydrogen-bond donors (Lipinski definition) is 1. The predicted octanol–water partition coefficient (Wildman–Crippen LogP) is 1.04. The summed E-state index contributed by atoms with van der Waals surface area (Å²) in [5.74, 6) is -2.27. The van der Waals surface area contributed by atoms with Gasteiger partial charge in [0.05, 0.1) is 11.8 Å². The average Bonchev–Trinajstić information content (AvgIpc) is 2.68. The van der Waals surface area contributed by atoms with Gasteiger partial charge < -0.3 is 9.84 Å². The second kappa shape index (κ2) is 6.35. The van der Waals surface area contributed by atoms with Crippen molar-refractivity contribution in [2.24, 2.45) is 11.8 Å². The highest BCUT2D eigenvalue weighted by molar-refractivity contribution is 6.07. The summed E-state index contributed by atoms with van der Waals surface area (Å²) < 4.78 is 4.90. The molecule has 1 aliphatic heterocycles. The van der Waals surface area contributed by atoms with Crippen molar-refractivity contribution in [3.8, 4) is 0 Å². The fraction of sp³-hybridized carbons (Fsp3) is 0.786. The van der Waals surface area contributed by atoms with Crippen molar-refractivity contribution in [3.05, 3.63) is 0 Å². The van der Waals surface area contributed by atoms with Gasteiger partial charge in [0.15, 0.2) is 0 Å². The Labute approximate surface area is 118 Å². The minimum Gasteiger partial charge on any atom is -0.480 e. The molecule has 1 saturated heterocycles. The molecule has 2 aliphatic rings. The van der Waals surface area contributed by atoms with Crippen LogP contribution in [0.15, 0.2) is 0 Å². The number of amides is 2. The maximum atomic E-state index is 12.3. The number of likely N-dealkylation sites (tertiary alicyclic amines) is 1. The highest BCUT2D eigenvalue weighted by Crippen LogP contribution is 2.39. The van der Waals surface area contributed by atoms with E-state index in [0.717, 1.165) is 17.7 Å². The third-order valence-corrected chi connectivity index (χ3v) is 4.30. The van der Waals surface area contributed by atoms with Gasteiger partial charge in [0.2, 0.25) is 11.8 Å². The van der Waals surface area contributed by atoms with Crippen LogP contribution in [-0.4, -0.2) is 47.5 Å². The van der Waals surface area contributed by atoms with Gasteiger partial charge in [-0.05, 0) is 25.7 Å². The Hall–Kier alpha value is -1.43. The van der Waals surface area contributed by atoms with Gasteiger partial charge in [-0.2, -0.15) is 0 Å². The lowest BCUT2D eigenvalue weighted by Crippen LogP contribution is -2.45. The topological polar surface area (TPSA) is 83.9 Å². The second-order valence-corrected chi connectivity index (χ2v) is 5.53. The minimum absolute atomic E-state index is 0.250. The third kappa shape index (κ3) is 2.70. The number of ether oxygens (including phenoxy) is 1. The van der Waals surface area contributed by atoms with Crippen LogP contribution in [0, 0.1) is 11.8 Å². The van der Waals surface area contributed by atoms with Gasteiger partial charge >= 0.3 is 5.97 Å². The van der Waals surface area contributed by atoms with Crippen molar-refractivity contribution in [3.63, 3.8) is 0 Å². The van der Waals surface area contributed by atoms with E-state index in [-0.39, 0.29) is 30.1 Å². The summed E-state index contributed by atoms with van der Waals surface area (Å²) in [6.45, 7) is 0.423. The quantitative estimate of drug-likeness (QED) is 0.581. The van der Waals surface area contributed by atoms with E-state index in [4.69, 9.17) is 4.74 Å². The lowest BCUT2D eigenvalue weighted by atomic mass is 9.81. The van der Waals surface area contributed by atoms with Crippen molar-refractivity contribution in [1.82, 2.24) is 4.90 Å². The molecule has 3 unspecified atom stereocenters. The van der Waals surface area contributed by atoms with Crippen LogP contribution in [-0.2, 0) is 19.1 Å². The van der Waals surface area contributed by atoms with Crippen LogP contribution in [0.25, 0.3) is 0 Å². The normalized spacial score (nSPS) is 27.6. The van der Waals surface area contributed by atoms with Crippen molar-refractivity contribution >= 4 is 17.8 Å². The van der Waals surface area contributed by atoms with Crippen LogP contribution >= 0.6 is 0 Å². The van der Waals surface area contributed by atoms with Crippen LogP contribution in [0.1, 0.15) is 38.5 Å². The molecule has 1 saturated carbocycles. The maximum absolute atomic E-state index is 12.3. The molecule has 0 aromatic rings. The van der Waals surface area contributed by atoms with Gasteiger partial charge in [-0.1, -0.05) is 12.8 Å². The van der Waals surface area contributed by atoms with Crippen LogP contribution < -0.4 is 0 Å². The first-order valence-electron chi connectivity index (χ1n) is 7.16. The summed E-state index contributed by atoms with van der Waals surface area (Å²) in [5.41, 5.74) is 0. The van der Waals surface area contributed by atoms with Gasteiger partial charge in [0.25, 0.3) is 0 Å². The molecule has 6 nitrogen and oxygen atoms in total. The van der Waals surface area contributed by atoms with E-state index in [1.54, 1.807) is 0 Å². The molecule has 0 aromatic carbocycles. The van der Waals surface area contributed by atoms with E-state index in [2.05, 4.69) is 0 Å². The number of rotatable bonds is 6. The number of hydrogen-bond acceptors (Lipinski definition) is 4. The number of carbonyl (C=O) groups is 3. The molecule has 0 bridgehead atoms. The van der Waals surface area contributed by atoms with Gasteiger partial charge in [0, 0.05) is 13.7 Å². The molecule has 20 heavy (non-hydrogen) atoms. The lowest BCUT2D eigenvalue weighted by molar-refractivity contribution is -0.155. The molecule has 6 heteroatoms. The molecular weight excluding hydrogens is 262 g/mol. The number of nitrogens with zero attached hydrogens (tertiary/aromatic N) is 1. The minimum atomic E-state index is -1.11. The first-order valence-corrected chi connectivity index (χ1v) is 7.16. The molecule has 1 heterocycles. The van der Waals surface area contributed by atoms with Crippen LogP contribution in [0.5, 0.6) is 0 Å². The Morgan fingerprint density at radius 2 is 1.85 bits per heavy atom. The lowest BCUT2D eigenvalue weighted by Gasteiger charge is -2.23. The van der Waals surface area contributed by atoms with E-state index in [1.807, 2.05) is 0 Å². The average molecular weight is 283 g/mol. The zero-order valence-corrected chi connectivity index (χ0v) is 11.7. The molecule has 112 valence electrons. The summed E-state index contributed by atoms with van der Waals surface area (Å²) in [4.78, 5) is 37.1. The number of fused-ring (bicyclic) bond motifs is 1. The van der Waals surface area contributed by atoms with Crippen LogP contribution in [0.3, 0.4) is 0 Å². The highest BCUT2D eigenvalue weighted by Gasteiger charge is 2.51. The Balaban J connectivity index is 2.13. The van der Waals surface area contributed by atoms with Crippen LogP contribution in [0.2, 0.25) is 0 Å². The molecule has 2 rings (SSSR count). The number of methoxy groups -OCH3 is 1. The molecule has 2 amide bonds. The van der Waals surface area contributed by atoms with Gasteiger partial charge in [-0.25, -0.2) is 4.79 Å². The summed E-state index contributed by atoms with van der Waals surface area (Å²) in [7, 11) is 1.54. The summed E-state index contributed by atoms with van der Waals surface area (Å²) >= 11 is 0. The summed E-state index contributed by atoms with van der Waals surface area (Å²) in [6.07, 6.45) is 4.05. The Kier molecular flexibility index (Phi) is 4.75. The molecule has 2 fully saturated rings. The zero-order valence-electron chi connectivity index (χ0n) is 11.7. The Morgan fingerprint density at radius 1 is 1.30 bits per heavy atom. The first kappa shape index (κ1) is 15.0. The standard InChI is InChI=1S/C14H21NO5/c1-20-8-4-7-11(14(18)19)15-12(16)9-5-2-3-6-10(9)13(15)17/h9-11H,2-8H2,1H3,(H,18,19). The third-order valence-electron chi connectivity index (χ3n) is 4.30. The Bertz CT molecular complexity index is 384. The fourth-order valence-electron chi connectivity index (χ4n) is 3.28. The molecule has 1 N–H and O–H groups in total. The highest BCUT2D eigenvalue weighted by atomic mass is 16.5. The summed E-state index contributed by atoms with van der Waals surface area (Å²) in [6, 6.07) is -1.05. The van der Waals surface area contributed by atoms with Gasteiger partial charge in [-0.3, -0.25) is 14.5 Å². The van der Waals surface area contributed by atoms with Gasteiger partial charge in [-0.15, -0.1) is 0 Å². The number of carboxylic acid groups (broad SMARTS) is 1. The zero-order chi connectivity index (χ0) is 14.7. The molecule has 0 radical (unpaired) electrons. The van der Waals surface area contributed by atoms with E-state index < -0.39 is 12.0 Å². The smallest absolute Gasteiger partial charge is 0.326 e. The maximum Gasteiger partial charge on any atom is 0.326 e. The second-order valence-electron chi connectivity index (χ2n) is 5.53. The van der Waals surface area contributed by atoms with E-state index in [1.165, 1.54) is 7.11 Å². The van der Waals surface area contributed by atoms with Crippen molar-refractivity contribution in [2.75, 3.05) is 13.7 Å². The summed E-state index contributed by atoms with van der Waals surface area (Å²) in [5, 5.41) is 9.32. The van der Waals surface area contributed by atoms with Crippen molar-refractivity contribution in [2.45, 2.75) is 44.6 Å². The predicted molar refractivity (Wildman–Crippen MR) is 69.8 cm³/mol. The van der Waals surface area contributed by atoms with Crippen molar-refractivity contribution < 1.29 is 24.2 Å². The molecule has 0 aromatic heterocycles.